The Bertz CT molecular complexity index is 2780. The fourth-order valence-electron chi connectivity index (χ4n) is 7.95. The molecule has 6 aromatic rings. The van der Waals surface area contributed by atoms with Crippen molar-refractivity contribution in [2.24, 2.45) is 4.99 Å². The number of ether oxygens (including phenoxy) is 3. The lowest BCUT2D eigenvalue weighted by Gasteiger charge is -2.24. The van der Waals surface area contributed by atoms with Crippen LogP contribution in [-0.4, -0.2) is 87.2 Å². The fraction of sp³-hybridized carbons (Fsp3) is 0.348. The van der Waals surface area contributed by atoms with E-state index in [1.165, 1.54) is 9.44 Å². The highest BCUT2D eigenvalue weighted by molar-refractivity contribution is 7.15. The Balaban J connectivity index is 0.780. The normalized spacial score (nSPS) is 16.0. The van der Waals surface area contributed by atoms with Crippen LogP contribution in [0.5, 0.6) is 5.75 Å². The zero-order valence-electron chi connectivity index (χ0n) is 35.4. The molecular formula is C46H47ClN8O7S. The second-order valence-electron chi connectivity index (χ2n) is 15.5. The number of aromatic nitrogens is 5. The first kappa shape index (κ1) is 43.6. The van der Waals surface area contributed by atoms with Crippen LogP contribution in [0.2, 0.25) is 5.02 Å². The fourth-order valence-corrected chi connectivity index (χ4v) is 9.29. The van der Waals surface area contributed by atoms with Gasteiger partial charge in [-0.25, -0.2) is 4.98 Å². The largest absolute Gasteiger partial charge is 0.491 e. The summed E-state index contributed by atoms with van der Waals surface area (Å²) in [5.74, 6) is 1.65. The Kier molecular flexibility index (Phi) is 13.2. The van der Waals surface area contributed by atoms with Crippen molar-refractivity contribution in [1.29, 1.82) is 0 Å². The number of halogens is 1. The number of carbonyl (C=O) groups is 3. The average molecular weight is 891 g/mol. The Hall–Kier alpha value is -6.07. The Morgan fingerprint density at radius 3 is 2.41 bits per heavy atom. The number of benzene rings is 3. The number of aliphatic imine (C=N–C) groups is 1. The molecule has 0 radical (unpaired) electrons. The number of aryl methyl sites for hydroxylation is 3. The van der Waals surface area contributed by atoms with Crippen LogP contribution in [0.1, 0.15) is 76.0 Å². The molecule has 326 valence electrons. The molecule has 17 heteroatoms. The Labute approximate surface area is 372 Å². The van der Waals surface area contributed by atoms with Crippen molar-refractivity contribution in [3.63, 3.8) is 0 Å². The topological polar surface area (TPSA) is 181 Å². The standard InChI is InChI=1S/C46H47ClN8O7S/c1-26-27(2)63-46-40(26)42(31-10-12-32(47)13-11-31)50-37(43-53-52-29(4)55(43)46)25-33(56)24-30-8-14-34(15-9-30)62-23-22-61-21-20-60-19-18-48-35-6-5-7-36-41(35)45(59)54(28(3)49-36)38-16-17-39(57)51-44(38)58/h5-15,37-38,48H,16-25H2,1-4H3,(H,51,57,58)/t37-,38?/m0/s1. The van der Waals surface area contributed by atoms with E-state index >= 15 is 0 Å². The lowest BCUT2D eigenvalue weighted by atomic mass is 9.99. The lowest BCUT2D eigenvalue weighted by Crippen LogP contribution is -2.45. The van der Waals surface area contributed by atoms with E-state index in [1.54, 1.807) is 30.4 Å². The van der Waals surface area contributed by atoms with Crippen molar-refractivity contribution in [2.45, 2.75) is 65.5 Å². The van der Waals surface area contributed by atoms with Crippen molar-refractivity contribution >= 4 is 62.8 Å². The minimum Gasteiger partial charge on any atom is -0.491 e. The third-order valence-electron chi connectivity index (χ3n) is 11.2. The number of hydrogen-bond donors (Lipinski definition) is 2. The van der Waals surface area contributed by atoms with E-state index in [9.17, 15) is 19.2 Å². The first-order chi connectivity index (χ1) is 30.5. The number of nitrogens with zero attached hydrogens (tertiary/aromatic N) is 6. The first-order valence-corrected chi connectivity index (χ1v) is 22.0. The zero-order valence-corrected chi connectivity index (χ0v) is 37.0. The minimum atomic E-state index is -0.798. The second-order valence-corrected chi connectivity index (χ2v) is 17.1. The molecule has 1 saturated heterocycles. The molecule has 1 fully saturated rings. The SMILES string of the molecule is Cc1sc2c(c1C)C(c1ccc(Cl)cc1)=N[C@@H](CC(=O)Cc1ccc(OCCOCCOCCNc3cccc4nc(C)n(C5CCC(=O)NC5=O)c(=O)c34)cc1)c1nnc(C)n1-2. The number of nitrogens with one attached hydrogen (secondary N) is 2. The van der Waals surface area contributed by atoms with Crippen molar-refractivity contribution in [1.82, 2.24) is 29.6 Å². The maximum atomic E-state index is 13.6. The van der Waals surface area contributed by atoms with Crippen LogP contribution in [0.15, 0.2) is 76.5 Å². The van der Waals surface area contributed by atoms with Gasteiger partial charge in [-0.15, -0.1) is 21.5 Å². The summed E-state index contributed by atoms with van der Waals surface area (Å²) in [7, 11) is 0. The molecule has 0 spiro atoms. The van der Waals surface area contributed by atoms with Gasteiger partial charge in [-0.1, -0.05) is 41.9 Å². The number of ketones is 1. The van der Waals surface area contributed by atoms with Gasteiger partial charge >= 0.3 is 0 Å². The molecule has 2 N–H and O–H groups in total. The molecule has 3 aromatic carbocycles. The van der Waals surface area contributed by atoms with Crippen LogP contribution in [0.4, 0.5) is 5.69 Å². The number of fused-ring (bicyclic) bond motifs is 4. The van der Waals surface area contributed by atoms with Gasteiger partial charge in [-0.3, -0.25) is 38.6 Å². The molecule has 63 heavy (non-hydrogen) atoms. The highest BCUT2D eigenvalue weighted by Gasteiger charge is 2.33. The molecule has 8 rings (SSSR count). The third-order valence-corrected chi connectivity index (χ3v) is 12.6. The molecule has 0 aliphatic carbocycles. The molecule has 3 aromatic heterocycles. The summed E-state index contributed by atoms with van der Waals surface area (Å²) in [5, 5.41) is 16.5. The van der Waals surface area contributed by atoms with Crippen molar-refractivity contribution in [3.8, 4) is 10.8 Å². The van der Waals surface area contributed by atoms with Gasteiger partial charge in [0.15, 0.2) is 5.82 Å². The van der Waals surface area contributed by atoms with E-state index in [0.29, 0.717) is 78.6 Å². The average Bonchev–Trinajstić information content (AvgIpc) is 3.74. The van der Waals surface area contributed by atoms with Crippen molar-refractivity contribution < 1.29 is 28.6 Å². The smallest absolute Gasteiger partial charge is 0.264 e. The highest BCUT2D eigenvalue weighted by Crippen LogP contribution is 2.40. The number of thiophene rings is 1. The van der Waals surface area contributed by atoms with Crippen LogP contribution < -0.4 is 20.9 Å². The Morgan fingerprint density at radius 2 is 1.65 bits per heavy atom. The number of rotatable bonds is 17. The summed E-state index contributed by atoms with van der Waals surface area (Å²) in [6.07, 6.45) is 0.794. The first-order valence-electron chi connectivity index (χ1n) is 20.8. The maximum absolute atomic E-state index is 13.6. The number of carbonyl (C=O) groups excluding carboxylic acids is 3. The molecule has 2 aliphatic heterocycles. The molecule has 2 atom stereocenters. The predicted octanol–water partition coefficient (Wildman–Crippen LogP) is 6.52. The molecule has 0 saturated carbocycles. The summed E-state index contributed by atoms with van der Waals surface area (Å²) in [6, 6.07) is 19.1. The van der Waals surface area contributed by atoms with E-state index in [0.717, 1.165) is 38.8 Å². The summed E-state index contributed by atoms with van der Waals surface area (Å²) in [6.45, 7) is 10.0. The number of amides is 2. The van der Waals surface area contributed by atoms with Crippen molar-refractivity contribution in [2.75, 3.05) is 44.9 Å². The number of hydrogen-bond acceptors (Lipinski definition) is 13. The number of anilines is 1. The molecule has 2 amide bonds. The summed E-state index contributed by atoms with van der Waals surface area (Å²) < 4.78 is 20.7. The van der Waals surface area contributed by atoms with E-state index in [1.807, 2.05) is 66.1 Å². The summed E-state index contributed by atoms with van der Waals surface area (Å²) >= 11 is 7.92. The van der Waals surface area contributed by atoms with Crippen molar-refractivity contribution in [3.05, 3.63) is 127 Å². The van der Waals surface area contributed by atoms with Gasteiger partial charge in [0.25, 0.3) is 5.56 Å². The van der Waals surface area contributed by atoms with E-state index in [2.05, 4.69) is 39.7 Å². The van der Waals surface area contributed by atoms with Gasteiger partial charge in [-0.2, -0.15) is 0 Å². The molecule has 15 nitrogen and oxygen atoms in total. The number of Topliss-reactive ketones (excluding diaryl/α,β-unsaturated/α-hetero) is 1. The van der Waals surface area contributed by atoms with Crippen LogP contribution in [0.3, 0.4) is 0 Å². The Morgan fingerprint density at radius 1 is 0.905 bits per heavy atom. The predicted molar refractivity (Wildman–Crippen MR) is 241 cm³/mol. The monoisotopic (exact) mass is 890 g/mol. The maximum Gasteiger partial charge on any atom is 0.264 e. The molecule has 1 unspecified atom stereocenters. The molecular weight excluding hydrogens is 844 g/mol. The summed E-state index contributed by atoms with van der Waals surface area (Å²) in [4.78, 5) is 62.5. The quantitative estimate of drug-likeness (QED) is 0.0752. The summed E-state index contributed by atoms with van der Waals surface area (Å²) in [5.41, 5.74) is 5.52. The van der Waals surface area contributed by atoms with Gasteiger partial charge in [0, 0.05) is 52.5 Å². The van der Waals surface area contributed by atoms with Crippen LogP contribution in [0, 0.1) is 27.7 Å². The van der Waals surface area contributed by atoms with Gasteiger partial charge in [0.1, 0.15) is 46.9 Å². The second kappa shape index (κ2) is 19.1. The molecule has 0 bridgehead atoms. The van der Waals surface area contributed by atoms with E-state index in [-0.39, 0.29) is 42.9 Å². The molecule has 5 heterocycles. The zero-order chi connectivity index (χ0) is 44.2. The van der Waals surface area contributed by atoms with Gasteiger partial charge < -0.3 is 19.5 Å². The van der Waals surface area contributed by atoms with Gasteiger partial charge in [0.05, 0.1) is 43.0 Å². The van der Waals surface area contributed by atoms with Gasteiger partial charge in [-0.05, 0) is 81.6 Å². The number of piperidine rings is 1. The van der Waals surface area contributed by atoms with Crippen LogP contribution in [0.25, 0.3) is 15.9 Å². The van der Waals surface area contributed by atoms with E-state index in [4.69, 9.17) is 30.8 Å². The lowest BCUT2D eigenvalue weighted by molar-refractivity contribution is -0.135. The number of imide groups is 1. The van der Waals surface area contributed by atoms with Gasteiger partial charge in [0.2, 0.25) is 11.8 Å². The van der Waals surface area contributed by atoms with Crippen LogP contribution in [-0.2, 0) is 30.3 Å². The van der Waals surface area contributed by atoms with E-state index < -0.39 is 18.0 Å². The minimum absolute atomic E-state index is 0.0295. The highest BCUT2D eigenvalue weighted by atomic mass is 35.5. The van der Waals surface area contributed by atoms with Crippen LogP contribution >= 0.6 is 22.9 Å². The molecule has 2 aliphatic rings. The third kappa shape index (κ3) is 9.49.